The molecule has 128 valence electrons. The lowest BCUT2D eigenvalue weighted by Gasteiger charge is -2.22. The molecule has 1 aromatic rings. The Morgan fingerprint density at radius 2 is 1.78 bits per heavy atom. The molecule has 0 bridgehead atoms. The highest BCUT2D eigenvalue weighted by atomic mass is 19.4. The minimum Gasteiger partial charge on any atom is -0.481 e. The second-order valence-electron chi connectivity index (χ2n) is 5.20. The number of carboxylic acids is 1. The van der Waals surface area contributed by atoms with E-state index in [9.17, 15) is 22.8 Å². The van der Waals surface area contributed by atoms with Crippen molar-refractivity contribution in [2.75, 3.05) is 0 Å². The summed E-state index contributed by atoms with van der Waals surface area (Å²) in [6.45, 7) is 0.836. The second kappa shape index (κ2) is 8.40. The van der Waals surface area contributed by atoms with Gasteiger partial charge in [0.1, 0.15) is 6.04 Å². The lowest BCUT2D eigenvalue weighted by Crippen LogP contribution is -2.50. The van der Waals surface area contributed by atoms with E-state index in [0.29, 0.717) is 6.42 Å². The molecule has 0 saturated carbocycles. The molecule has 8 heteroatoms. The van der Waals surface area contributed by atoms with Crippen molar-refractivity contribution in [2.24, 2.45) is 0 Å². The van der Waals surface area contributed by atoms with E-state index in [4.69, 9.17) is 5.11 Å². The lowest BCUT2D eigenvalue weighted by atomic mass is 10.0. The highest BCUT2D eigenvalue weighted by Gasteiger charge is 2.37. The van der Waals surface area contributed by atoms with Crippen LogP contribution >= 0.6 is 0 Å². The zero-order valence-corrected chi connectivity index (χ0v) is 12.6. The molecule has 0 aromatic heterocycles. The summed E-state index contributed by atoms with van der Waals surface area (Å²) >= 11 is 0. The number of nitrogens with one attached hydrogen (secondary N) is 2. The van der Waals surface area contributed by atoms with Gasteiger partial charge in [0.25, 0.3) is 0 Å². The molecule has 0 fully saturated rings. The Morgan fingerprint density at radius 1 is 1.17 bits per heavy atom. The number of rotatable bonds is 7. The van der Waals surface area contributed by atoms with Crippen molar-refractivity contribution in [1.29, 1.82) is 0 Å². The maximum Gasteiger partial charge on any atom is 0.408 e. The average Bonchev–Trinajstić information content (AvgIpc) is 2.44. The van der Waals surface area contributed by atoms with E-state index in [2.05, 4.69) is 5.32 Å². The van der Waals surface area contributed by atoms with Gasteiger partial charge in [0.15, 0.2) is 0 Å². The number of alkyl halides is 3. The molecular weight excluding hydrogens is 313 g/mol. The van der Waals surface area contributed by atoms with Crippen molar-refractivity contribution in [1.82, 2.24) is 10.6 Å². The van der Waals surface area contributed by atoms with E-state index in [-0.39, 0.29) is 12.8 Å². The predicted octanol–water partition coefficient (Wildman–Crippen LogP) is 2.71. The van der Waals surface area contributed by atoms with Crippen molar-refractivity contribution < 1.29 is 27.9 Å². The third kappa shape index (κ3) is 7.53. The van der Waals surface area contributed by atoms with Crippen LogP contribution in [0.25, 0.3) is 0 Å². The van der Waals surface area contributed by atoms with Gasteiger partial charge in [-0.1, -0.05) is 30.3 Å². The maximum atomic E-state index is 12.4. The number of carbonyl (C=O) groups excluding carboxylic acids is 1. The molecule has 1 rings (SSSR count). The maximum absolute atomic E-state index is 12.4. The molecule has 2 unspecified atom stereocenters. The summed E-state index contributed by atoms with van der Waals surface area (Å²) in [4.78, 5) is 22.3. The summed E-state index contributed by atoms with van der Waals surface area (Å²) in [6, 6.07) is 5.44. The summed E-state index contributed by atoms with van der Waals surface area (Å²) in [7, 11) is 0. The van der Waals surface area contributed by atoms with Crippen LogP contribution in [0.4, 0.5) is 18.0 Å². The fraction of sp³-hybridized carbons (Fsp3) is 0.467. The first-order chi connectivity index (χ1) is 10.7. The molecule has 3 N–H and O–H groups in total. The molecule has 0 heterocycles. The monoisotopic (exact) mass is 332 g/mol. The molecule has 0 spiro atoms. The van der Waals surface area contributed by atoms with Gasteiger partial charge in [-0.3, -0.25) is 4.79 Å². The SMILES string of the molecule is CC(NC(=O)NC(CCC(=O)O)Cc1ccccc1)C(F)(F)F. The van der Waals surface area contributed by atoms with Gasteiger partial charge in [0.05, 0.1) is 0 Å². The Hall–Kier alpha value is -2.25. The van der Waals surface area contributed by atoms with Gasteiger partial charge in [-0.05, 0) is 25.3 Å². The normalized spacial score (nSPS) is 13.9. The summed E-state index contributed by atoms with van der Waals surface area (Å²) in [5.74, 6) is -1.03. The Kier molecular flexibility index (Phi) is 6.87. The number of hydrogen-bond donors (Lipinski definition) is 3. The predicted molar refractivity (Wildman–Crippen MR) is 78.0 cm³/mol. The van der Waals surface area contributed by atoms with Crippen LogP contribution in [-0.4, -0.2) is 35.4 Å². The minimum atomic E-state index is -4.53. The van der Waals surface area contributed by atoms with E-state index < -0.39 is 30.3 Å². The number of urea groups is 1. The van der Waals surface area contributed by atoms with Crippen molar-refractivity contribution in [3.8, 4) is 0 Å². The number of aliphatic carboxylic acids is 1. The third-order valence-corrected chi connectivity index (χ3v) is 3.21. The average molecular weight is 332 g/mol. The largest absolute Gasteiger partial charge is 0.481 e. The van der Waals surface area contributed by atoms with E-state index in [1.54, 1.807) is 35.6 Å². The lowest BCUT2D eigenvalue weighted by molar-refractivity contribution is -0.148. The Bertz CT molecular complexity index is 520. The van der Waals surface area contributed by atoms with Crippen LogP contribution in [0, 0.1) is 0 Å². The second-order valence-corrected chi connectivity index (χ2v) is 5.20. The molecule has 5 nitrogen and oxygen atoms in total. The van der Waals surface area contributed by atoms with Gasteiger partial charge in [0, 0.05) is 12.5 Å². The van der Waals surface area contributed by atoms with Gasteiger partial charge in [-0.2, -0.15) is 13.2 Å². The third-order valence-electron chi connectivity index (χ3n) is 3.21. The first-order valence-corrected chi connectivity index (χ1v) is 7.08. The van der Waals surface area contributed by atoms with Crippen molar-refractivity contribution in [3.05, 3.63) is 35.9 Å². The van der Waals surface area contributed by atoms with Crippen LogP contribution in [0.1, 0.15) is 25.3 Å². The number of carbonyl (C=O) groups is 2. The van der Waals surface area contributed by atoms with Gasteiger partial charge in [-0.15, -0.1) is 0 Å². The molecule has 2 atom stereocenters. The van der Waals surface area contributed by atoms with Crippen LogP contribution in [0.5, 0.6) is 0 Å². The smallest absolute Gasteiger partial charge is 0.408 e. The topological polar surface area (TPSA) is 78.4 Å². The highest BCUT2D eigenvalue weighted by Crippen LogP contribution is 2.19. The summed E-state index contributed by atoms with van der Waals surface area (Å²) in [5.41, 5.74) is 0.854. The number of halogens is 3. The van der Waals surface area contributed by atoms with Gasteiger partial charge >= 0.3 is 18.2 Å². The van der Waals surface area contributed by atoms with E-state index in [0.717, 1.165) is 12.5 Å². The summed E-state index contributed by atoms with van der Waals surface area (Å²) in [5, 5.41) is 12.9. The van der Waals surface area contributed by atoms with Gasteiger partial charge in [-0.25, -0.2) is 4.79 Å². The fourth-order valence-electron chi connectivity index (χ4n) is 1.93. The number of amides is 2. The van der Waals surface area contributed by atoms with Crippen LogP contribution < -0.4 is 10.6 Å². The number of carboxylic acid groups (broad SMARTS) is 1. The molecule has 2 amide bonds. The van der Waals surface area contributed by atoms with Crippen LogP contribution in [0.3, 0.4) is 0 Å². The minimum absolute atomic E-state index is 0.123. The molecule has 0 aliphatic rings. The summed E-state index contributed by atoms with van der Waals surface area (Å²) in [6.07, 6.45) is -4.26. The van der Waals surface area contributed by atoms with Crippen molar-refractivity contribution in [3.63, 3.8) is 0 Å². The number of hydrogen-bond acceptors (Lipinski definition) is 2. The van der Waals surface area contributed by atoms with E-state index >= 15 is 0 Å². The molecule has 0 aliphatic carbocycles. The van der Waals surface area contributed by atoms with E-state index in [1.807, 2.05) is 0 Å². The highest BCUT2D eigenvalue weighted by molar-refractivity contribution is 5.74. The Labute approximate surface area is 131 Å². The fourth-order valence-corrected chi connectivity index (χ4v) is 1.93. The molecule has 0 radical (unpaired) electrons. The Morgan fingerprint density at radius 3 is 2.30 bits per heavy atom. The quantitative estimate of drug-likeness (QED) is 0.718. The molecule has 0 aliphatic heterocycles. The molecule has 1 aromatic carbocycles. The molecular formula is C15H19F3N2O3. The van der Waals surface area contributed by atoms with Gasteiger partial charge < -0.3 is 15.7 Å². The molecule has 23 heavy (non-hydrogen) atoms. The van der Waals surface area contributed by atoms with Crippen molar-refractivity contribution in [2.45, 2.75) is 44.4 Å². The number of benzene rings is 1. The van der Waals surface area contributed by atoms with Crippen LogP contribution in [0.15, 0.2) is 30.3 Å². The van der Waals surface area contributed by atoms with E-state index in [1.165, 1.54) is 0 Å². The van der Waals surface area contributed by atoms with Gasteiger partial charge in [0.2, 0.25) is 0 Å². The first kappa shape index (κ1) is 18.8. The summed E-state index contributed by atoms with van der Waals surface area (Å²) < 4.78 is 37.3. The standard InChI is InChI=1S/C15H19F3N2O3/c1-10(15(16,17)18)19-14(23)20-12(7-8-13(21)22)9-11-5-3-2-4-6-11/h2-6,10,12H,7-9H2,1H3,(H,21,22)(H2,19,20,23). The first-order valence-electron chi connectivity index (χ1n) is 7.08. The van der Waals surface area contributed by atoms with Crippen LogP contribution in [0.2, 0.25) is 0 Å². The van der Waals surface area contributed by atoms with Crippen LogP contribution in [-0.2, 0) is 11.2 Å². The Balaban J connectivity index is 2.64. The molecule has 0 saturated heterocycles. The zero-order chi connectivity index (χ0) is 17.5. The zero-order valence-electron chi connectivity index (χ0n) is 12.6. The van der Waals surface area contributed by atoms with Crippen molar-refractivity contribution >= 4 is 12.0 Å².